The zero-order valence-electron chi connectivity index (χ0n) is 10.2. The molecule has 1 saturated carbocycles. The summed E-state index contributed by atoms with van der Waals surface area (Å²) in [6, 6.07) is 0. The van der Waals surface area contributed by atoms with E-state index >= 15 is 0 Å². The Labute approximate surface area is 108 Å². The van der Waals surface area contributed by atoms with Crippen LogP contribution in [0.1, 0.15) is 57.2 Å². The van der Waals surface area contributed by atoms with Gasteiger partial charge in [0.25, 0.3) is 0 Å². The Morgan fingerprint density at radius 1 is 1.31 bits per heavy atom. The molecule has 1 aliphatic rings. The summed E-state index contributed by atoms with van der Waals surface area (Å²) in [5, 5.41) is 3.31. The summed E-state index contributed by atoms with van der Waals surface area (Å²) in [6.45, 7) is 6.59. The molecule has 1 heterocycles. The second kappa shape index (κ2) is 4.63. The number of hydrogen-bond acceptors (Lipinski definition) is 3. The topological polar surface area (TPSA) is 38.9 Å². The number of nitrogens with two attached hydrogens (primary N) is 1. The minimum Gasteiger partial charge on any atom is -0.319 e. The molecular formula is C12H21ClN2S. The van der Waals surface area contributed by atoms with Gasteiger partial charge in [0.2, 0.25) is 0 Å². The number of halogens is 1. The van der Waals surface area contributed by atoms with Gasteiger partial charge in [-0.1, -0.05) is 33.6 Å². The highest BCUT2D eigenvalue weighted by molar-refractivity contribution is 7.09. The first-order valence-corrected chi connectivity index (χ1v) is 6.55. The van der Waals surface area contributed by atoms with Crippen LogP contribution in [0.15, 0.2) is 5.38 Å². The van der Waals surface area contributed by atoms with Crippen LogP contribution in [0.25, 0.3) is 0 Å². The van der Waals surface area contributed by atoms with Gasteiger partial charge in [-0.05, 0) is 12.8 Å². The van der Waals surface area contributed by atoms with E-state index in [0.717, 1.165) is 17.8 Å². The van der Waals surface area contributed by atoms with E-state index < -0.39 is 0 Å². The van der Waals surface area contributed by atoms with Crippen LogP contribution in [0.5, 0.6) is 0 Å². The maximum absolute atomic E-state index is 6.38. The van der Waals surface area contributed by atoms with E-state index in [1.54, 1.807) is 11.3 Å². The highest BCUT2D eigenvalue weighted by Crippen LogP contribution is 2.38. The molecule has 0 radical (unpaired) electrons. The molecule has 2 N–H and O–H groups in total. The van der Waals surface area contributed by atoms with Crippen molar-refractivity contribution in [3.63, 3.8) is 0 Å². The highest BCUT2D eigenvalue weighted by Gasteiger charge is 2.34. The van der Waals surface area contributed by atoms with Crippen molar-refractivity contribution in [2.75, 3.05) is 0 Å². The van der Waals surface area contributed by atoms with Crippen LogP contribution in [0.4, 0.5) is 0 Å². The van der Waals surface area contributed by atoms with E-state index in [-0.39, 0.29) is 23.4 Å². The van der Waals surface area contributed by atoms with Crippen molar-refractivity contribution in [1.29, 1.82) is 0 Å². The molecule has 1 aromatic rings. The van der Waals surface area contributed by atoms with E-state index in [1.807, 2.05) is 0 Å². The molecule has 0 aliphatic heterocycles. The first-order chi connectivity index (χ1) is 6.92. The lowest BCUT2D eigenvalue weighted by molar-refractivity contribution is 0.453. The number of hydrogen-bond donors (Lipinski definition) is 1. The van der Waals surface area contributed by atoms with Gasteiger partial charge in [0, 0.05) is 10.8 Å². The minimum absolute atomic E-state index is 0. The van der Waals surface area contributed by atoms with Crippen LogP contribution in [-0.2, 0) is 11.0 Å². The quantitative estimate of drug-likeness (QED) is 0.838. The van der Waals surface area contributed by atoms with Crippen molar-refractivity contribution in [3.8, 4) is 0 Å². The van der Waals surface area contributed by atoms with E-state index in [9.17, 15) is 0 Å². The van der Waals surface area contributed by atoms with Crippen molar-refractivity contribution < 1.29 is 0 Å². The predicted octanol–water partition coefficient (Wildman–Crippen LogP) is 3.59. The molecule has 0 spiro atoms. The van der Waals surface area contributed by atoms with E-state index in [2.05, 4.69) is 26.2 Å². The average molecular weight is 261 g/mol. The predicted molar refractivity (Wildman–Crippen MR) is 72.4 cm³/mol. The molecule has 0 bridgehead atoms. The molecule has 2 rings (SSSR count). The SMILES string of the molecule is CC(C)(C)c1csc(C2(N)CCCC2)n1.Cl. The standard InChI is InChI=1S/C12H20N2S.ClH/c1-11(2,3)9-8-15-10(14-9)12(13)6-4-5-7-12;/h8H,4-7,13H2,1-3H3;1H. The monoisotopic (exact) mass is 260 g/mol. The van der Waals surface area contributed by atoms with Gasteiger partial charge in [-0.2, -0.15) is 0 Å². The third-order valence-corrected chi connectivity index (χ3v) is 4.26. The Morgan fingerprint density at radius 2 is 1.88 bits per heavy atom. The van der Waals surface area contributed by atoms with Gasteiger partial charge in [-0.3, -0.25) is 0 Å². The molecule has 16 heavy (non-hydrogen) atoms. The summed E-state index contributed by atoms with van der Waals surface area (Å²) >= 11 is 1.74. The average Bonchev–Trinajstić information content (AvgIpc) is 2.69. The Hall–Kier alpha value is -0.120. The lowest BCUT2D eigenvalue weighted by Crippen LogP contribution is -2.33. The van der Waals surface area contributed by atoms with Gasteiger partial charge in [-0.15, -0.1) is 23.7 Å². The molecular weight excluding hydrogens is 240 g/mol. The fraction of sp³-hybridized carbons (Fsp3) is 0.750. The van der Waals surface area contributed by atoms with Crippen LogP contribution in [-0.4, -0.2) is 4.98 Å². The Bertz CT molecular complexity index is 348. The molecule has 2 nitrogen and oxygen atoms in total. The lowest BCUT2D eigenvalue weighted by atomic mass is 9.93. The first kappa shape index (κ1) is 13.9. The normalized spacial score (nSPS) is 19.5. The zero-order valence-corrected chi connectivity index (χ0v) is 11.9. The molecule has 1 aliphatic carbocycles. The van der Waals surface area contributed by atoms with E-state index in [1.165, 1.54) is 18.5 Å². The van der Waals surface area contributed by atoms with Crippen LogP contribution in [0.3, 0.4) is 0 Å². The lowest BCUT2D eigenvalue weighted by Gasteiger charge is -2.21. The summed E-state index contributed by atoms with van der Waals surface area (Å²) in [7, 11) is 0. The highest BCUT2D eigenvalue weighted by atomic mass is 35.5. The third kappa shape index (κ3) is 2.58. The molecule has 0 saturated heterocycles. The van der Waals surface area contributed by atoms with Crippen LogP contribution >= 0.6 is 23.7 Å². The third-order valence-electron chi connectivity index (χ3n) is 3.19. The zero-order chi connectivity index (χ0) is 11.1. The van der Waals surface area contributed by atoms with Gasteiger partial charge in [-0.25, -0.2) is 4.98 Å². The smallest absolute Gasteiger partial charge is 0.113 e. The Morgan fingerprint density at radius 3 is 2.31 bits per heavy atom. The van der Waals surface area contributed by atoms with Gasteiger partial charge >= 0.3 is 0 Å². The molecule has 0 unspecified atom stereocenters. The number of rotatable bonds is 1. The second-order valence-corrected chi connectivity index (χ2v) is 6.51. The summed E-state index contributed by atoms with van der Waals surface area (Å²) in [4.78, 5) is 4.73. The molecule has 1 aromatic heterocycles. The van der Waals surface area contributed by atoms with Crippen molar-refractivity contribution in [2.45, 2.75) is 57.4 Å². The number of thiazole rings is 1. The summed E-state index contributed by atoms with van der Waals surface area (Å²) in [5.74, 6) is 0. The fourth-order valence-electron chi connectivity index (χ4n) is 2.07. The van der Waals surface area contributed by atoms with Gasteiger partial charge in [0.1, 0.15) is 5.01 Å². The molecule has 0 aromatic carbocycles. The maximum Gasteiger partial charge on any atom is 0.113 e. The van der Waals surface area contributed by atoms with E-state index in [0.29, 0.717) is 0 Å². The summed E-state index contributed by atoms with van der Waals surface area (Å²) in [5.41, 5.74) is 7.59. The fourth-order valence-corrected chi connectivity index (χ4v) is 3.29. The molecule has 92 valence electrons. The van der Waals surface area contributed by atoms with Crippen LogP contribution < -0.4 is 5.73 Å². The van der Waals surface area contributed by atoms with Crippen molar-refractivity contribution >= 4 is 23.7 Å². The van der Waals surface area contributed by atoms with Gasteiger partial charge in [0.05, 0.1) is 11.2 Å². The minimum atomic E-state index is -0.117. The Kier molecular flexibility index (Phi) is 4.04. The van der Waals surface area contributed by atoms with Crippen LogP contribution in [0.2, 0.25) is 0 Å². The molecule has 1 fully saturated rings. The largest absolute Gasteiger partial charge is 0.319 e. The van der Waals surface area contributed by atoms with Crippen molar-refractivity contribution in [2.24, 2.45) is 5.73 Å². The summed E-state index contributed by atoms with van der Waals surface area (Å²) < 4.78 is 0. The van der Waals surface area contributed by atoms with Crippen molar-refractivity contribution in [3.05, 3.63) is 16.1 Å². The molecule has 0 atom stereocenters. The first-order valence-electron chi connectivity index (χ1n) is 5.67. The van der Waals surface area contributed by atoms with Gasteiger partial charge in [0.15, 0.2) is 0 Å². The number of nitrogens with zero attached hydrogens (tertiary/aromatic N) is 1. The molecule has 0 amide bonds. The maximum atomic E-state index is 6.38. The van der Waals surface area contributed by atoms with E-state index in [4.69, 9.17) is 10.7 Å². The second-order valence-electron chi connectivity index (χ2n) is 5.65. The van der Waals surface area contributed by atoms with Gasteiger partial charge < -0.3 is 5.73 Å². The van der Waals surface area contributed by atoms with Crippen LogP contribution in [0, 0.1) is 0 Å². The summed E-state index contributed by atoms with van der Waals surface area (Å²) in [6.07, 6.45) is 4.70. The number of aromatic nitrogens is 1. The molecule has 4 heteroatoms. The van der Waals surface area contributed by atoms with Crippen molar-refractivity contribution in [1.82, 2.24) is 4.98 Å². The Balaban J connectivity index is 0.00000128.